The molecule has 10 nitrogen and oxygen atoms in total. The molecule has 0 radical (unpaired) electrons. The minimum Gasteiger partial charge on any atom is -0.353 e. The number of nitrogens with zero attached hydrogens (tertiary/aromatic N) is 5. The molecule has 0 saturated carbocycles. The maximum atomic E-state index is 12.8. The number of hydrogen-bond donors (Lipinski definition) is 0. The number of anilines is 1. The van der Waals surface area contributed by atoms with Gasteiger partial charge in [-0.15, -0.1) is 0 Å². The highest BCUT2D eigenvalue weighted by molar-refractivity contribution is 6.22. The number of carbonyl (C=O) groups excluding carboxylic acids is 3. The van der Waals surface area contributed by atoms with Crippen LogP contribution in [0.1, 0.15) is 20.7 Å². The van der Waals surface area contributed by atoms with Crippen molar-refractivity contribution in [3.05, 3.63) is 75.8 Å². The first-order valence-corrected chi connectivity index (χ1v) is 10.5. The van der Waals surface area contributed by atoms with Crippen molar-refractivity contribution in [3.8, 4) is 0 Å². The second-order valence-electron chi connectivity index (χ2n) is 7.91. The number of imide groups is 1. The van der Waals surface area contributed by atoms with Gasteiger partial charge in [0, 0.05) is 43.7 Å². The summed E-state index contributed by atoms with van der Waals surface area (Å²) in [6, 6.07) is 15.3. The number of piperazine rings is 1. The van der Waals surface area contributed by atoms with Crippen molar-refractivity contribution in [3.63, 3.8) is 0 Å². The molecule has 0 unspecified atom stereocenters. The number of benzene rings is 2. The lowest BCUT2D eigenvalue weighted by Gasteiger charge is -2.36. The van der Waals surface area contributed by atoms with E-state index in [0.717, 1.165) is 27.7 Å². The lowest BCUT2D eigenvalue weighted by molar-refractivity contribution is -0.384. The fourth-order valence-corrected chi connectivity index (χ4v) is 4.19. The van der Waals surface area contributed by atoms with Gasteiger partial charge in [-0.3, -0.25) is 29.4 Å². The van der Waals surface area contributed by atoms with E-state index in [1.165, 1.54) is 12.1 Å². The van der Waals surface area contributed by atoms with E-state index >= 15 is 0 Å². The van der Waals surface area contributed by atoms with E-state index < -0.39 is 23.3 Å². The number of rotatable bonds is 4. The maximum absolute atomic E-state index is 12.8. The Hall–Kier alpha value is -4.34. The van der Waals surface area contributed by atoms with E-state index in [9.17, 15) is 24.5 Å². The van der Waals surface area contributed by atoms with Crippen LogP contribution in [0.15, 0.2) is 54.6 Å². The molecule has 3 amide bonds. The van der Waals surface area contributed by atoms with Gasteiger partial charge in [0.1, 0.15) is 12.4 Å². The molecule has 0 aliphatic carbocycles. The summed E-state index contributed by atoms with van der Waals surface area (Å²) in [6.45, 7) is 1.62. The molecular formula is C23H19N5O5. The van der Waals surface area contributed by atoms with Gasteiger partial charge in [-0.05, 0) is 24.3 Å². The van der Waals surface area contributed by atoms with E-state index in [1.54, 1.807) is 4.90 Å². The summed E-state index contributed by atoms with van der Waals surface area (Å²) in [4.78, 5) is 57.7. The number of nitro benzene ring substituents is 1. The van der Waals surface area contributed by atoms with Gasteiger partial charge in [0.2, 0.25) is 5.91 Å². The predicted octanol–water partition coefficient (Wildman–Crippen LogP) is 2.09. The lowest BCUT2D eigenvalue weighted by Crippen LogP contribution is -2.52. The molecule has 0 atom stereocenters. The number of hydrogen-bond acceptors (Lipinski definition) is 7. The largest absolute Gasteiger partial charge is 0.353 e. The molecule has 2 aromatic carbocycles. The lowest BCUT2D eigenvalue weighted by atomic mass is 10.1. The first kappa shape index (κ1) is 20.6. The number of aromatic nitrogens is 1. The molecule has 0 spiro atoms. The minimum atomic E-state index is -0.689. The molecule has 1 saturated heterocycles. The van der Waals surface area contributed by atoms with Crippen molar-refractivity contribution in [1.29, 1.82) is 0 Å². The monoisotopic (exact) mass is 445 g/mol. The Morgan fingerprint density at radius 2 is 1.67 bits per heavy atom. The first-order chi connectivity index (χ1) is 15.9. The van der Waals surface area contributed by atoms with Crippen LogP contribution < -0.4 is 4.90 Å². The topological polar surface area (TPSA) is 117 Å². The fraction of sp³-hybridized carbons (Fsp3) is 0.217. The van der Waals surface area contributed by atoms with Gasteiger partial charge >= 0.3 is 0 Å². The number of para-hydroxylation sites is 1. The van der Waals surface area contributed by atoms with Crippen LogP contribution in [0.5, 0.6) is 0 Å². The molecule has 2 aliphatic rings. The molecule has 33 heavy (non-hydrogen) atoms. The van der Waals surface area contributed by atoms with Crippen LogP contribution in [-0.2, 0) is 4.79 Å². The van der Waals surface area contributed by atoms with Crippen LogP contribution >= 0.6 is 0 Å². The molecule has 1 fully saturated rings. The standard InChI is InChI=1S/C23H19N5O5/c29-21(14-27-22(30)17-7-6-16(28(32)33)13-18(17)23(27)31)26-11-9-25(10-12-26)20-8-5-15-3-1-2-4-19(15)24-20/h1-8,13H,9-12,14H2. The summed E-state index contributed by atoms with van der Waals surface area (Å²) in [5, 5.41) is 12.0. The third-order valence-corrected chi connectivity index (χ3v) is 6.00. The third kappa shape index (κ3) is 3.65. The van der Waals surface area contributed by atoms with Crippen LogP contribution in [0.4, 0.5) is 11.5 Å². The summed E-state index contributed by atoms with van der Waals surface area (Å²) < 4.78 is 0. The minimum absolute atomic E-state index is 0.0470. The molecule has 166 valence electrons. The summed E-state index contributed by atoms with van der Waals surface area (Å²) in [5.74, 6) is -0.809. The highest BCUT2D eigenvalue weighted by Gasteiger charge is 2.38. The molecule has 2 aliphatic heterocycles. The number of carbonyl (C=O) groups is 3. The second kappa shape index (κ2) is 7.97. The van der Waals surface area contributed by atoms with Crippen LogP contribution in [0, 0.1) is 10.1 Å². The Morgan fingerprint density at radius 3 is 2.42 bits per heavy atom. The maximum Gasteiger partial charge on any atom is 0.270 e. The molecular weight excluding hydrogens is 426 g/mol. The third-order valence-electron chi connectivity index (χ3n) is 6.00. The number of non-ortho nitro benzene ring substituents is 1. The van der Waals surface area contributed by atoms with E-state index in [4.69, 9.17) is 4.98 Å². The molecule has 3 aromatic rings. The highest BCUT2D eigenvalue weighted by atomic mass is 16.6. The Bertz CT molecular complexity index is 1320. The van der Waals surface area contributed by atoms with Crippen molar-refractivity contribution in [2.45, 2.75) is 0 Å². The predicted molar refractivity (Wildman–Crippen MR) is 119 cm³/mol. The van der Waals surface area contributed by atoms with E-state index in [-0.39, 0.29) is 22.7 Å². The smallest absolute Gasteiger partial charge is 0.270 e. The molecule has 3 heterocycles. The summed E-state index contributed by atoms with van der Waals surface area (Å²) in [5.41, 5.74) is 0.653. The zero-order chi connectivity index (χ0) is 23.1. The Morgan fingerprint density at radius 1 is 0.939 bits per heavy atom. The van der Waals surface area contributed by atoms with E-state index in [1.807, 2.05) is 36.4 Å². The van der Waals surface area contributed by atoms with Crippen LogP contribution in [0.3, 0.4) is 0 Å². The summed E-state index contributed by atoms with van der Waals surface area (Å²) >= 11 is 0. The van der Waals surface area contributed by atoms with Crippen LogP contribution in [-0.4, -0.2) is 70.2 Å². The van der Waals surface area contributed by atoms with E-state index in [2.05, 4.69) is 4.90 Å². The molecule has 5 rings (SSSR count). The molecule has 0 bridgehead atoms. The second-order valence-corrected chi connectivity index (χ2v) is 7.91. The quantitative estimate of drug-likeness (QED) is 0.343. The van der Waals surface area contributed by atoms with Gasteiger partial charge in [-0.2, -0.15) is 0 Å². The van der Waals surface area contributed by atoms with Gasteiger partial charge in [0.25, 0.3) is 17.5 Å². The number of pyridine rings is 1. The Kier molecular flexibility index (Phi) is 4.97. The zero-order valence-corrected chi connectivity index (χ0v) is 17.5. The average molecular weight is 445 g/mol. The Labute approximate surface area is 188 Å². The number of fused-ring (bicyclic) bond motifs is 2. The van der Waals surface area contributed by atoms with Gasteiger partial charge in [-0.1, -0.05) is 18.2 Å². The highest BCUT2D eigenvalue weighted by Crippen LogP contribution is 2.27. The normalized spacial score (nSPS) is 15.8. The van der Waals surface area contributed by atoms with Gasteiger partial charge in [0.15, 0.2) is 0 Å². The zero-order valence-electron chi connectivity index (χ0n) is 17.5. The SMILES string of the molecule is O=C(CN1C(=O)c2ccc([N+](=O)[O-])cc2C1=O)N1CCN(c2ccc3ccccc3n2)CC1. The van der Waals surface area contributed by atoms with Crippen molar-refractivity contribution in [1.82, 2.24) is 14.8 Å². The fourth-order valence-electron chi connectivity index (χ4n) is 4.19. The summed E-state index contributed by atoms with van der Waals surface area (Å²) in [6.07, 6.45) is 0. The number of nitro groups is 1. The van der Waals surface area contributed by atoms with Crippen molar-refractivity contribution < 1.29 is 19.3 Å². The Balaban J connectivity index is 1.23. The molecule has 1 aromatic heterocycles. The first-order valence-electron chi connectivity index (χ1n) is 10.5. The van der Waals surface area contributed by atoms with Crippen LogP contribution in [0.25, 0.3) is 10.9 Å². The van der Waals surface area contributed by atoms with E-state index in [0.29, 0.717) is 26.2 Å². The van der Waals surface area contributed by atoms with Gasteiger partial charge < -0.3 is 9.80 Å². The van der Waals surface area contributed by atoms with Crippen LogP contribution in [0.2, 0.25) is 0 Å². The van der Waals surface area contributed by atoms with Crippen molar-refractivity contribution in [2.75, 3.05) is 37.6 Å². The molecule has 0 N–H and O–H groups in total. The molecule has 10 heteroatoms. The van der Waals surface area contributed by atoms with Crippen molar-refractivity contribution >= 4 is 40.1 Å². The summed E-state index contributed by atoms with van der Waals surface area (Å²) in [7, 11) is 0. The van der Waals surface area contributed by atoms with Gasteiger partial charge in [0.05, 0.1) is 21.6 Å². The van der Waals surface area contributed by atoms with Gasteiger partial charge in [-0.25, -0.2) is 4.98 Å². The average Bonchev–Trinajstić information content (AvgIpc) is 3.08. The number of amides is 3. The van der Waals surface area contributed by atoms with Crippen molar-refractivity contribution in [2.24, 2.45) is 0 Å².